The van der Waals surface area contributed by atoms with Gasteiger partial charge in [-0.1, -0.05) is 45.7 Å². The molecule has 0 amide bonds. The molecule has 6 aliphatic carbocycles. The summed E-state index contributed by atoms with van der Waals surface area (Å²) in [5, 5.41) is 34.6. The summed E-state index contributed by atoms with van der Waals surface area (Å²) in [5.74, 6) is 1.77. The molecule has 0 aromatic heterocycles. The Morgan fingerprint density at radius 3 is 2.19 bits per heavy atom. The van der Waals surface area contributed by atoms with Crippen molar-refractivity contribution in [1.29, 1.82) is 0 Å². The van der Waals surface area contributed by atoms with Gasteiger partial charge in [0.1, 0.15) is 4.90 Å². The zero-order valence-electron chi connectivity index (χ0n) is 26.5. The lowest BCUT2D eigenvalue weighted by molar-refractivity contribution is -0.0735. The lowest BCUT2D eigenvalue weighted by Gasteiger charge is -2.53. The van der Waals surface area contributed by atoms with Crippen molar-refractivity contribution in [3.8, 4) is 0 Å². The second-order valence-corrected chi connectivity index (χ2v) is 18.9. The number of aliphatic hydroxyl groups excluding tert-OH is 1. The van der Waals surface area contributed by atoms with Gasteiger partial charge in [0.2, 0.25) is 0 Å². The maximum Gasteiger partial charge on any atom is 0.295 e. The van der Waals surface area contributed by atoms with Gasteiger partial charge in [0.15, 0.2) is 0 Å². The van der Waals surface area contributed by atoms with Crippen molar-refractivity contribution in [3.05, 3.63) is 28.8 Å². The van der Waals surface area contributed by atoms with Gasteiger partial charge in [0.05, 0.1) is 17.3 Å². The first kappa shape index (κ1) is 30.7. The third-order valence-electron chi connectivity index (χ3n) is 13.2. The van der Waals surface area contributed by atoms with Gasteiger partial charge in [0, 0.05) is 0 Å². The average Bonchev–Trinajstić information content (AvgIpc) is 2.84. The Morgan fingerprint density at radius 1 is 0.791 bits per heavy atom. The topological polar surface area (TPSA) is 115 Å². The second kappa shape index (κ2) is 10.3. The van der Waals surface area contributed by atoms with Crippen LogP contribution in [-0.4, -0.2) is 45.6 Å². The van der Waals surface area contributed by atoms with E-state index < -0.39 is 32.8 Å². The first-order valence-electron chi connectivity index (χ1n) is 17.4. The highest BCUT2D eigenvalue weighted by Crippen LogP contribution is 2.59. The molecular formula is C36H54O6S. The lowest BCUT2D eigenvalue weighted by Crippen LogP contribution is -2.49. The molecule has 6 aliphatic rings. The zero-order chi connectivity index (χ0) is 30.6. The predicted molar refractivity (Wildman–Crippen MR) is 167 cm³/mol. The fourth-order valence-electron chi connectivity index (χ4n) is 12.6. The average molecular weight is 615 g/mol. The molecule has 6 nitrogen and oxygen atoms in total. The molecule has 1 aromatic rings. The third kappa shape index (κ3) is 5.55. The van der Waals surface area contributed by atoms with Crippen LogP contribution in [0.1, 0.15) is 146 Å². The number of hydrogen-bond acceptors (Lipinski definition) is 5. The molecule has 11 atom stereocenters. The van der Waals surface area contributed by atoms with Crippen LogP contribution in [0.2, 0.25) is 0 Å². The molecule has 0 radical (unpaired) electrons. The van der Waals surface area contributed by atoms with Gasteiger partial charge in [0.25, 0.3) is 10.1 Å². The fourth-order valence-corrected chi connectivity index (χ4v) is 13.7. The van der Waals surface area contributed by atoms with Gasteiger partial charge in [-0.25, -0.2) is 0 Å². The summed E-state index contributed by atoms with van der Waals surface area (Å²) in [4.78, 5) is 0.0677. The van der Waals surface area contributed by atoms with E-state index in [0.717, 1.165) is 89.0 Å². The van der Waals surface area contributed by atoms with E-state index in [1.807, 2.05) is 0 Å². The molecule has 4 N–H and O–H groups in total. The molecule has 7 rings (SSSR count). The molecule has 6 fully saturated rings. The number of benzene rings is 1. The van der Waals surface area contributed by atoms with Crippen molar-refractivity contribution in [2.75, 3.05) is 0 Å². The first-order chi connectivity index (χ1) is 20.1. The number of aliphatic hydroxyl groups is 3. The van der Waals surface area contributed by atoms with Gasteiger partial charge in [-0.05, 0) is 153 Å². The smallest absolute Gasteiger partial charge is 0.295 e. The monoisotopic (exact) mass is 614 g/mol. The SMILES string of the molecule is CC1CC2CC(c3cc(C4(C)CC5CCCC(O)(C5)C4)cc(C45CC(C)CC(CC(O)C4)C5)c3S(=O)(=O)O)CC(O)(C1)C2. The summed E-state index contributed by atoms with van der Waals surface area (Å²) in [5.41, 5.74) is 0.106. The van der Waals surface area contributed by atoms with E-state index in [1.54, 1.807) is 0 Å². The van der Waals surface area contributed by atoms with Crippen LogP contribution in [0, 0.1) is 29.6 Å². The minimum Gasteiger partial charge on any atom is -0.393 e. The Morgan fingerprint density at radius 2 is 1.49 bits per heavy atom. The number of hydrogen-bond donors (Lipinski definition) is 4. The quantitative estimate of drug-likeness (QED) is 0.278. The molecular weight excluding hydrogens is 560 g/mol. The van der Waals surface area contributed by atoms with Crippen LogP contribution < -0.4 is 0 Å². The largest absolute Gasteiger partial charge is 0.393 e. The van der Waals surface area contributed by atoms with E-state index in [-0.39, 0.29) is 16.2 Å². The molecule has 7 heteroatoms. The zero-order valence-corrected chi connectivity index (χ0v) is 27.3. The normalized spacial score (nSPS) is 48.1. The van der Waals surface area contributed by atoms with E-state index in [2.05, 4.69) is 32.9 Å². The highest BCUT2D eigenvalue weighted by Gasteiger charge is 2.53. The third-order valence-corrected chi connectivity index (χ3v) is 14.2. The van der Waals surface area contributed by atoms with Crippen molar-refractivity contribution in [2.24, 2.45) is 29.6 Å². The summed E-state index contributed by atoms with van der Waals surface area (Å²) in [6.45, 7) is 6.71. The summed E-state index contributed by atoms with van der Waals surface area (Å²) in [7, 11) is -4.60. The van der Waals surface area contributed by atoms with Crippen molar-refractivity contribution in [1.82, 2.24) is 0 Å². The van der Waals surface area contributed by atoms with Crippen molar-refractivity contribution in [2.45, 2.75) is 162 Å². The van der Waals surface area contributed by atoms with E-state index in [1.165, 1.54) is 0 Å². The molecule has 0 saturated heterocycles. The summed E-state index contributed by atoms with van der Waals surface area (Å²) < 4.78 is 38.3. The Bertz CT molecular complexity index is 1350. The minimum atomic E-state index is -4.60. The first-order valence-corrected chi connectivity index (χ1v) is 18.8. The van der Waals surface area contributed by atoms with Crippen LogP contribution >= 0.6 is 0 Å². The van der Waals surface area contributed by atoms with Crippen LogP contribution in [0.4, 0.5) is 0 Å². The van der Waals surface area contributed by atoms with Crippen molar-refractivity contribution >= 4 is 10.1 Å². The molecule has 0 aliphatic heterocycles. The molecule has 1 aromatic carbocycles. The highest BCUT2D eigenvalue weighted by molar-refractivity contribution is 7.86. The van der Waals surface area contributed by atoms with E-state index in [4.69, 9.17) is 0 Å². The summed E-state index contributed by atoms with van der Waals surface area (Å²) in [6, 6.07) is 4.18. The molecule has 6 bridgehead atoms. The molecule has 11 unspecified atom stereocenters. The number of fused-ring (bicyclic) bond motifs is 6. The molecule has 240 valence electrons. The molecule has 6 saturated carbocycles. The Hall–Kier alpha value is -0.990. The molecule has 0 heterocycles. The fraction of sp³-hybridized carbons (Fsp3) is 0.833. The maximum absolute atomic E-state index is 13.6. The van der Waals surface area contributed by atoms with Crippen LogP contribution in [0.25, 0.3) is 0 Å². The van der Waals surface area contributed by atoms with Crippen LogP contribution in [0.5, 0.6) is 0 Å². The van der Waals surface area contributed by atoms with Gasteiger partial charge in [-0.2, -0.15) is 8.42 Å². The van der Waals surface area contributed by atoms with Crippen LogP contribution in [0.15, 0.2) is 17.0 Å². The van der Waals surface area contributed by atoms with E-state index in [9.17, 15) is 28.3 Å². The Labute approximate surface area is 258 Å². The van der Waals surface area contributed by atoms with Crippen molar-refractivity contribution < 1.29 is 28.3 Å². The highest BCUT2D eigenvalue weighted by atomic mass is 32.2. The number of rotatable bonds is 4. The minimum absolute atomic E-state index is 0.0677. The Kier molecular flexibility index (Phi) is 7.31. The summed E-state index contributed by atoms with van der Waals surface area (Å²) in [6.07, 6.45) is 12.7. The van der Waals surface area contributed by atoms with Gasteiger partial charge in [-0.3, -0.25) is 4.55 Å². The van der Waals surface area contributed by atoms with E-state index >= 15 is 0 Å². The molecule has 0 spiro atoms. The summed E-state index contributed by atoms with van der Waals surface area (Å²) >= 11 is 0. The van der Waals surface area contributed by atoms with Crippen molar-refractivity contribution in [3.63, 3.8) is 0 Å². The van der Waals surface area contributed by atoms with Crippen LogP contribution in [-0.2, 0) is 20.9 Å². The van der Waals surface area contributed by atoms with Crippen LogP contribution in [0.3, 0.4) is 0 Å². The van der Waals surface area contributed by atoms with Gasteiger partial charge < -0.3 is 15.3 Å². The second-order valence-electron chi connectivity index (χ2n) is 17.5. The maximum atomic E-state index is 13.6. The Balaban J connectivity index is 1.44. The van der Waals surface area contributed by atoms with Gasteiger partial charge in [-0.15, -0.1) is 0 Å². The van der Waals surface area contributed by atoms with E-state index in [0.29, 0.717) is 60.0 Å². The predicted octanol–water partition coefficient (Wildman–Crippen LogP) is 6.78. The van der Waals surface area contributed by atoms with Gasteiger partial charge >= 0.3 is 0 Å². The lowest BCUT2D eigenvalue weighted by atomic mass is 9.54. The standard InChI is InChI=1S/C36H54O6S/c1-22-7-26-10-29(37)20-34(13-22,16-26)31-12-28(33(3)15-24-5-4-6-35(38,17-24)21-33)11-30(32(31)43(40,41)42)27-9-25-8-23(2)14-36(39,18-25)19-27/h11-12,22-27,29,37-39H,4-10,13-21H2,1-3H3,(H,40,41,42). The molecule has 43 heavy (non-hydrogen) atoms.